The number of hydrogen-bond donors (Lipinski definition) is 2. The van der Waals surface area contributed by atoms with Crippen LogP contribution in [0.5, 0.6) is 0 Å². The fraction of sp³-hybridized carbons (Fsp3) is 0.300. The summed E-state index contributed by atoms with van der Waals surface area (Å²) in [6.45, 7) is 1.57. The fourth-order valence-electron chi connectivity index (χ4n) is 1.31. The fourth-order valence-corrected chi connectivity index (χ4v) is 1.59. The number of halogens is 2. The highest BCUT2D eigenvalue weighted by Gasteiger charge is 2.19. The highest BCUT2D eigenvalue weighted by atomic mass is 35.5. The van der Waals surface area contributed by atoms with Gasteiger partial charge in [0.05, 0.1) is 6.42 Å². The molecule has 0 heterocycles. The molecule has 0 aliphatic heterocycles. The average molecular weight is 232 g/mol. The van der Waals surface area contributed by atoms with Gasteiger partial charge in [0.25, 0.3) is 0 Å². The minimum atomic E-state index is -1.08. The van der Waals surface area contributed by atoms with E-state index in [2.05, 4.69) is 0 Å². The number of hydrogen-bond acceptors (Lipinski definition) is 2. The van der Waals surface area contributed by atoms with Gasteiger partial charge in [-0.1, -0.05) is 17.7 Å². The number of carboxylic acids is 1. The van der Waals surface area contributed by atoms with Crippen LogP contribution in [0.4, 0.5) is 4.39 Å². The Balaban J connectivity index is 3.12. The van der Waals surface area contributed by atoms with Gasteiger partial charge < -0.3 is 10.8 Å². The molecule has 5 heteroatoms. The van der Waals surface area contributed by atoms with Crippen LogP contribution in [0.1, 0.15) is 23.6 Å². The number of aliphatic carboxylic acids is 1. The lowest BCUT2D eigenvalue weighted by Crippen LogP contribution is -2.17. The summed E-state index contributed by atoms with van der Waals surface area (Å²) in [4.78, 5) is 10.4. The van der Waals surface area contributed by atoms with Crippen molar-refractivity contribution in [2.45, 2.75) is 19.4 Å². The summed E-state index contributed by atoms with van der Waals surface area (Å²) in [7, 11) is 0. The molecular weight excluding hydrogens is 221 g/mol. The molecule has 1 unspecified atom stereocenters. The van der Waals surface area contributed by atoms with Crippen LogP contribution in [-0.4, -0.2) is 11.1 Å². The Kier molecular flexibility index (Phi) is 3.66. The van der Waals surface area contributed by atoms with E-state index in [0.29, 0.717) is 5.56 Å². The lowest BCUT2D eigenvalue weighted by molar-refractivity contribution is -0.137. The van der Waals surface area contributed by atoms with E-state index >= 15 is 0 Å². The van der Waals surface area contributed by atoms with E-state index in [4.69, 9.17) is 22.4 Å². The van der Waals surface area contributed by atoms with Gasteiger partial charge in [-0.25, -0.2) is 4.39 Å². The van der Waals surface area contributed by atoms with Crippen LogP contribution in [0.2, 0.25) is 5.02 Å². The minimum absolute atomic E-state index is 0.0686. The van der Waals surface area contributed by atoms with Gasteiger partial charge in [-0.15, -0.1) is 0 Å². The van der Waals surface area contributed by atoms with Crippen LogP contribution < -0.4 is 5.73 Å². The van der Waals surface area contributed by atoms with Crippen LogP contribution in [0.3, 0.4) is 0 Å². The second-order valence-electron chi connectivity index (χ2n) is 3.30. The van der Waals surface area contributed by atoms with Gasteiger partial charge in [-0.3, -0.25) is 4.79 Å². The third kappa shape index (κ3) is 2.67. The van der Waals surface area contributed by atoms with Crippen molar-refractivity contribution in [1.29, 1.82) is 0 Å². The summed E-state index contributed by atoms with van der Waals surface area (Å²) in [6, 6.07) is 2.11. The topological polar surface area (TPSA) is 63.3 Å². The molecule has 1 rings (SSSR count). The molecule has 0 amide bonds. The summed E-state index contributed by atoms with van der Waals surface area (Å²) in [5, 5.41) is 8.71. The van der Waals surface area contributed by atoms with Crippen LogP contribution >= 0.6 is 11.6 Å². The lowest BCUT2D eigenvalue weighted by atomic mass is 10.0. The molecule has 0 aromatic heterocycles. The molecule has 3 nitrogen and oxygen atoms in total. The van der Waals surface area contributed by atoms with Crippen LogP contribution in [0.15, 0.2) is 12.1 Å². The average Bonchev–Trinajstić information content (AvgIpc) is 2.11. The van der Waals surface area contributed by atoms with Crippen molar-refractivity contribution in [3.05, 3.63) is 34.1 Å². The molecular formula is C10H11ClFNO2. The van der Waals surface area contributed by atoms with Gasteiger partial charge in [0, 0.05) is 16.6 Å². The molecule has 0 saturated heterocycles. The van der Waals surface area contributed by atoms with E-state index in [1.807, 2.05) is 0 Å². The Bertz CT molecular complexity index is 395. The first-order valence-corrected chi connectivity index (χ1v) is 4.73. The molecule has 0 aliphatic carbocycles. The molecule has 0 saturated carbocycles. The zero-order chi connectivity index (χ0) is 11.6. The molecule has 0 bridgehead atoms. The van der Waals surface area contributed by atoms with Gasteiger partial charge in [0.15, 0.2) is 0 Å². The van der Waals surface area contributed by atoms with E-state index in [0.717, 1.165) is 0 Å². The minimum Gasteiger partial charge on any atom is -0.481 e. The first kappa shape index (κ1) is 11.9. The van der Waals surface area contributed by atoms with Crippen molar-refractivity contribution >= 4 is 17.6 Å². The van der Waals surface area contributed by atoms with Crippen LogP contribution in [0.25, 0.3) is 0 Å². The van der Waals surface area contributed by atoms with Crippen molar-refractivity contribution in [2.24, 2.45) is 5.73 Å². The van der Waals surface area contributed by atoms with E-state index in [-0.39, 0.29) is 17.0 Å². The highest BCUT2D eigenvalue weighted by Crippen LogP contribution is 2.28. The summed E-state index contributed by atoms with van der Waals surface area (Å²) in [6.07, 6.45) is -0.347. The number of rotatable bonds is 3. The number of aryl methyl sites for hydroxylation is 1. The normalized spacial score (nSPS) is 12.5. The number of carbonyl (C=O) groups is 1. The quantitative estimate of drug-likeness (QED) is 0.839. The monoisotopic (exact) mass is 231 g/mol. The van der Waals surface area contributed by atoms with Crippen molar-refractivity contribution < 1.29 is 14.3 Å². The Morgan fingerprint density at radius 3 is 2.80 bits per heavy atom. The Morgan fingerprint density at radius 1 is 1.67 bits per heavy atom. The van der Waals surface area contributed by atoms with Gasteiger partial charge in [0.2, 0.25) is 0 Å². The zero-order valence-corrected chi connectivity index (χ0v) is 8.88. The molecule has 0 fully saturated rings. The van der Waals surface area contributed by atoms with E-state index in [1.54, 1.807) is 6.92 Å². The molecule has 0 aliphatic rings. The van der Waals surface area contributed by atoms with Crippen molar-refractivity contribution in [2.75, 3.05) is 0 Å². The lowest BCUT2D eigenvalue weighted by Gasteiger charge is -2.13. The standard InChI is InChI=1S/C10H11ClFNO2/c1-5-2-3-6(11)9(10(5)12)7(13)4-8(14)15/h2-3,7H,4,13H2,1H3,(H,14,15). The van der Waals surface area contributed by atoms with Crippen molar-refractivity contribution in [3.8, 4) is 0 Å². The second-order valence-corrected chi connectivity index (χ2v) is 3.70. The number of carboxylic acid groups (broad SMARTS) is 1. The smallest absolute Gasteiger partial charge is 0.305 e. The van der Waals surface area contributed by atoms with Gasteiger partial charge in [-0.2, -0.15) is 0 Å². The van der Waals surface area contributed by atoms with Gasteiger partial charge >= 0.3 is 5.97 Å². The predicted octanol–water partition coefficient (Wildman–Crippen LogP) is 2.26. The molecule has 1 aromatic rings. The predicted molar refractivity (Wildman–Crippen MR) is 55.3 cm³/mol. The van der Waals surface area contributed by atoms with E-state index < -0.39 is 17.8 Å². The second kappa shape index (κ2) is 4.59. The number of nitrogens with two attached hydrogens (primary N) is 1. The molecule has 0 spiro atoms. The molecule has 82 valence electrons. The molecule has 15 heavy (non-hydrogen) atoms. The Morgan fingerprint density at radius 2 is 2.27 bits per heavy atom. The van der Waals surface area contributed by atoms with Crippen molar-refractivity contribution in [1.82, 2.24) is 0 Å². The third-order valence-electron chi connectivity index (χ3n) is 2.08. The summed E-state index contributed by atoms with van der Waals surface area (Å²) < 4.78 is 13.6. The van der Waals surface area contributed by atoms with Crippen LogP contribution in [-0.2, 0) is 4.79 Å². The largest absolute Gasteiger partial charge is 0.481 e. The van der Waals surface area contributed by atoms with Gasteiger partial charge in [0.1, 0.15) is 5.82 Å². The van der Waals surface area contributed by atoms with Crippen LogP contribution in [0, 0.1) is 12.7 Å². The first-order valence-electron chi connectivity index (χ1n) is 4.35. The highest BCUT2D eigenvalue weighted by molar-refractivity contribution is 6.31. The molecule has 1 atom stereocenters. The maximum absolute atomic E-state index is 13.6. The number of benzene rings is 1. The summed E-state index contributed by atoms with van der Waals surface area (Å²) in [5.74, 6) is -1.62. The Hall–Kier alpha value is -1.13. The molecule has 3 N–H and O–H groups in total. The van der Waals surface area contributed by atoms with E-state index in [1.165, 1.54) is 12.1 Å². The third-order valence-corrected chi connectivity index (χ3v) is 2.41. The molecule has 0 radical (unpaired) electrons. The zero-order valence-electron chi connectivity index (χ0n) is 8.13. The first-order chi connectivity index (χ1) is 6.93. The molecule has 1 aromatic carbocycles. The maximum atomic E-state index is 13.6. The SMILES string of the molecule is Cc1ccc(Cl)c(C(N)CC(=O)O)c1F. The van der Waals surface area contributed by atoms with Gasteiger partial charge in [-0.05, 0) is 18.6 Å². The Labute approximate surface area is 91.7 Å². The van der Waals surface area contributed by atoms with Crippen molar-refractivity contribution in [3.63, 3.8) is 0 Å². The summed E-state index contributed by atoms with van der Waals surface area (Å²) >= 11 is 5.77. The maximum Gasteiger partial charge on any atom is 0.305 e. The summed E-state index contributed by atoms with van der Waals surface area (Å²) in [5.41, 5.74) is 6.03. The van der Waals surface area contributed by atoms with E-state index in [9.17, 15) is 9.18 Å².